The van der Waals surface area contributed by atoms with Crippen LogP contribution in [0.5, 0.6) is 0 Å². The first-order chi connectivity index (χ1) is 12.5. The Labute approximate surface area is 156 Å². The van der Waals surface area contributed by atoms with Gasteiger partial charge < -0.3 is 4.13 Å². The Balaban J connectivity index is 0.000000807. The van der Waals surface area contributed by atoms with Gasteiger partial charge in [-0.25, -0.2) is 26.4 Å². The summed E-state index contributed by atoms with van der Waals surface area (Å²) in [6, 6.07) is 0. The Morgan fingerprint density at radius 1 is 0.862 bits per heavy atom. The van der Waals surface area contributed by atoms with Crippen molar-refractivity contribution in [2.75, 3.05) is 0 Å². The van der Waals surface area contributed by atoms with E-state index in [0.717, 1.165) is 6.54 Å². The summed E-state index contributed by atoms with van der Waals surface area (Å²) >= 11 is 0. The highest BCUT2D eigenvalue weighted by Gasteiger charge is 2.68. The van der Waals surface area contributed by atoms with Crippen molar-refractivity contribution in [2.24, 2.45) is 0 Å². The summed E-state index contributed by atoms with van der Waals surface area (Å²) < 4.78 is 163. The van der Waals surface area contributed by atoms with E-state index in [0.29, 0.717) is 4.13 Å². The molecule has 0 bridgehead atoms. The van der Waals surface area contributed by atoms with E-state index in [2.05, 4.69) is 23.4 Å². The molecule has 0 radical (unpaired) electrons. The van der Waals surface area contributed by atoms with Crippen LogP contribution in [0.1, 0.15) is 12.7 Å². The molecule has 0 saturated heterocycles. The van der Waals surface area contributed by atoms with E-state index in [-0.39, 0.29) is 0 Å². The second-order valence-corrected chi connectivity index (χ2v) is 8.41. The van der Waals surface area contributed by atoms with Gasteiger partial charge in [0.05, 0.1) is 6.54 Å². The second-order valence-electron chi connectivity index (χ2n) is 4.89. The number of nitrogens with zero attached hydrogens (tertiary/aromatic N) is 2. The normalized spacial score (nSPS) is 14.3. The topological polar surface area (TPSA) is 102 Å². The number of sulfonamides is 2. The molecule has 1 N–H and O–H groups in total. The number of halogens is 10. The Morgan fingerprint density at radius 3 is 1.38 bits per heavy atom. The predicted molar refractivity (Wildman–Crippen MR) is 74.6 cm³/mol. The first-order valence-corrected chi connectivity index (χ1v) is 9.59. The standard InChI is InChI=1S/C6H10N2.C4F10NO4S2/c1-3-8-5-4-7-6(8)2;5-1(6,7)3(11,12)20(16,17)15-21(18,19)4(13,14)2(8,9)10/h4-5H,3H2,1-2H3;/q;-1/p+1. The fourth-order valence-corrected chi connectivity index (χ4v) is 3.67. The molecule has 0 atom stereocenters. The van der Waals surface area contributed by atoms with Crippen LogP contribution in [0.3, 0.4) is 0 Å². The zero-order chi connectivity index (χ0) is 23.7. The Bertz CT molecular complexity index is 849. The zero-order valence-electron chi connectivity index (χ0n) is 14.0. The largest absolute Gasteiger partial charge is 0.467 e. The van der Waals surface area contributed by atoms with Gasteiger partial charge in [-0.1, -0.05) is 0 Å². The lowest BCUT2D eigenvalue weighted by Gasteiger charge is -2.31. The van der Waals surface area contributed by atoms with Gasteiger partial charge >= 0.3 is 22.9 Å². The Hall–Kier alpha value is -1.63. The summed E-state index contributed by atoms with van der Waals surface area (Å²) in [4.78, 5) is 3.08. The van der Waals surface area contributed by atoms with Gasteiger partial charge in [0, 0.05) is 6.92 Å². The van der Waals surface area contributed by atoms with E-state index >= 15 is 0 Å². The lowest BCUT2D eigenvalue weighted by molar-refractivity contribution is -0.698. The van der Waals surface area contributed by atoms with Crippen LogP contribution in [-0.4, -0.2) is 44.7 Å². The van der Waals surface area contributed by atoms with Gasteiger partial charge in [-0.2, -0.15) is 43.9 Å². The number of hydrogen-bond acceptors (Lipinski definition) is 4. The fraction of sp³-hybridized carbons (Fsp3) is 0.700. The number of imidazole rings is 1. The number of H-pyrrole nitrogens is 1. The minimum absolute atomic E-state index is 0.422. The average Bonchev–Trinajstić information content (AvgIpc) is 2.89. The fourth-order valence-electron chi connectivity index (χ4n) is 1.30. The molecule has 172 valence electrons. The van der Waals surface area contributed by atoms with Crippen molar-refractivity contribution < 1.29 is 65.3 Å². The molecule has 1 aromatic heterocycles. The zero-order valence-corrected chi connectivity index (χ0v) is 15.6. The molecule has 0 saturated carbocycles. The van der Waals surface area contributed by atoms with E-state index in [1.807, 2.05) is 12.4 Å². The van der Waals surface area contributed by atoms with Crippen LogP contribution in [0.2, 0.25) is 0 Å². The first kappa shape index (κ1) is 27.4. The Morgan fingerprint density at radius 2 is 1.21 bits per heavy atom. The summed E-state index contributed by atoms with van der Waals surface area (Å²) in [6.45, 7) is 5.24. The van der Waals surface area contributed by atoms with E-state index in [1.165, 1.54) is 5.82 Å². The van der Waals surface area contributed by atoms with E-state index < -0.39 is 42.9 Å². The van der Waals surface area contributed by atoms with Gasteiger partial charge in [0.15, 0.2) is 20.0 Å². The van der Waals surface area contributed by atoms with Crippen molar-refractivity contribution in [3.8, 4) is 0 Å². The maximum absolute atomic E-state index is 12.3. The predicted octanol–water partition coefficient (Wildman–Crippen LogP) is 2.96. The summed E-state index contributed by atoms with van der Waals surface area (Å²) in [6.07, 6.45) is -10.0. The quantitative estimate of drug-likeness (QED) is 0.506. The third-order valence-electron chi connectivity index (χ3n) is 2.82. The molecule has 0 unspecified atom stereocenters. The van der Waals surface area contributed by atoms with Crippen LogP contribution in [0.4, 0.5) is 43.9 Å². The molecule has 1 rings (SSSR count). The van der Waals surface area contributed by atoms with Crippen LogP contribution in [0.25, 0.3) is 4.13 Å². The number of alkyl halides is 10. The maximum Gasteiger partial charge on any atom is 0.467 e. The summed E-state index contributed by atoms with van der Waals surface area (Å²) in [5.74, 6) is 1.22. The van der Waals surface area contributed by atoms with Crippen LogP contribution < -0.4 is 4.57 Å². The van der Waals surface area contributed by atoms with Crippen molar-refractivity contribution in [3.05, 3.63) is 22.3 Å². The van der Waals surface area contributed by atoms with Gasteiger partial charge in [0.2, 0.25) is 0 Å². The van der Waals surface area contributed by atoms with Crippen LogP contribution in [0, 0.1) is 6.92 Å². The maximum atomic E-state index is 12.3. The molecular weight excluding hydrogens is 480 g/mol. The lowest BCUT2D eigenvalue weighted by atomic mass is 10.6. The van der Waals surface area contributed by atoms with Crippen molar-refractivity contribution in [1.82, 2.24) is 4.98 Å². The molecule has 0 spiro atoms. The third kappa shape index (κ3) is 5.71. The lowest BCUT2D eigenvalue weighted by Crippen LogP contribution is -2.48. The molecular formula is C10H11F10N3O4S2. The van der Waals surface area contributed by atoms with E-state index in [4.69, 9.17) is 0 Å². The highest BCUT2D eigenvalue weighted by atomic mass is 32.3. The summed E-state index contributed by atoms with van der Waals surface area (Å²) in [5.41, 5.74) is 0. The number of aromatic amines is 1. The monoisotopic (exact) mass is 491 g/mol. The van der Waals surface area contributed by atoms with Gasteiger partial charge in [-0.05, 0) is 6.92 Å². The van der Waals surface area contributed by atoms with Gasteiger partial charge in [0.25, 0.3) is 5.82 Å². The average molecular weight is 491 g/mol. The van der Waals surface area contributed by atoms with Gasteiger partial charge in [0.1, 0.15) is 12.4 Å². The molecule has 29 heavy (non-hydrogen) atoms. The van der Waals surface area contributed by atoms with Gasteiger partial charge in [-0.3, -0.25) is 0 Å². The molecule has 1 aromatic rings. The summed E-state index contributed by atoms with van der Waals surface area (Å²) in [5, 5.41) is -14.0. The molecule has 1 heterocycles. The molecule has 0 aliphatic heterocycles. The van der Waals surface area contributed by atoms with E-state index in [1.54, 1.807) is 0 Å². The Kier molecular flexibility index (Phi) is 7.78. The van der Waals surface area contributed by atoms with Gasteiger partial charge in [-0.15, -0.1) is 0 Å². The number of hydrogen-bond donors (Lipinski definition) is 1. The number of aryl methyl sites for hydroxylation is 2. The molecule has 0 fully saturated rings. The summed E-state index contributed by atoms with van der Waals surface area (Å²) in [7, 11) is -15.2. The smallest absolute Gasteiger partial charge is 0.425 e. The molecule has 0 aliphatic rings. The number of rotatable bonds is 5. The van der Waals surface area contributed by atoms with Crippen LogP contribution in [0.15, 0.2) is 12.4 Å². The number of nitrogens with one attached hydrogen (secondary N) is 1. The molecule has 0 amide bonds. The van der Waals surface area contributed by atoms with Crippen molar-refractivity contribution >= 4 is 20.0 Å². The van der Waals surface area contributed by atoms with Crippen molar-refractivity contribution in [1.29, 1.82) is 0 Å². The molecule has 7 nitrogen and oxygen atoms in total. The van der Waals surface area contributed by atoms with Crippen LogP contribution >= 0.6 is 0 Å². The molecule has 0 aromatic carbocycles. The van der Waals surface area contributed by atoms with Crippen LogP contribution in [-0.2, 0) is 26.6 Å². The minimum Gasteiger partial charge on any atom is -0.425 e. The van der Waals surface area contributed by atoms with Crippen molar-refractivity contribution in [2.45, 2.75) is 43.3 Å². The first-order valence-electron chi connectivity index (χ1n) is 6.71. The highest BCUT2D eigenvalue weighted by Crippen LogP contribution is 2.47. The molecule has 19 heteroatoms. The second kappa shape index (κ2) is 8.25. The number of aromatic nitrogens is 2. The van der Waals surface area contributed by atoms with E-state index in [9.17, 15) is 60.7 Å². The highest BCUT2D eigenvalue weighted by molar-refractivity contribution is 8.13. The van der Waals surface area contributed by atoms with Crippen molar-refractivity contribution in [3.63, 3.8) is 0 Å². The minimum atomic E-state index is -7.62. The SMILES string of the molecule is CC[n+]1cc[nH]c1C.O=S(=O)([N-]S(=O)(=O)C(F)(F)C(F)(F)F)C(F)(F)C(F)(F)F. The third-order valence-corrected chi connectivity index (χ3v) is 6.15. The molecule has 0 aliphatic carbocycles.